The monoisotopic (exact) mass is 359 g/mol. The van der Waals surface area contributed by atoms with Gasteiger partial charge in [-0.15, -0.1) is 11.3 Å². The van der Waals surface area contributed by atoms with Gasteiger partial charge in [0.15, 0.2) is 0 Å². The molecule has 0 spiro atoms. The van der Waals surface area contributed by atoms with Gasteiger partial charge in [0.1, 0.15) is 0 Å². The molecular weight excluding hydrogens is 338 g/mol. The normalized spacial score (nSPS) is 18.3. The van der Waals surface area contributed by atoms with Gasteiger partial charge in [-0.2, -0.15) is 0 Å². The summed E-state index contributed by atoms with van der Waals surface area (Å²) in [5, 5.41) is 2.07. The molecule has 2 aromatic rings. The van der Waals surface area contributed by atoms with Crippen LogP contribution in [-0.2, 0) is 4.79 Å². The van der Waals surface area contributed by atoms with Crippen LogP contribution in [-0.4, -0.2) is 55.5 Å². The molecule has 0 aliphatic carbocycles. The maximum atomic E-state index is 13.0. The van der Waals surface area contributed by atoms with Gasteiger partial charge >= 0.3 is 0 Å². The summed E-state index contributed by atoms with van der Waals surface area (Å²) < 4.78 is 1.21. The molecule has 4 nitrogen and oxygen atoms in total. The molecule has 0 N–H and O–H groups in total. The van der Waals surface area contributed by atoms with E-state index in [1.807, 2.05) is 17.0 Å². The number of amides is 1. The number of hydrogen-bond donors (Lipinski definition) is 0. The molecule has 1 aromatic carbocycles. The first-order chi connectivity index (χ1) is 11.7. The number of carbonyl (C=O) groups is 1. The van der Waals surface area contributed by atoms with Gasteiger partial charge in [0.05, 0.1) is 15.6 Å². The third-order valence-corrected chi connectivity index (χ3v) is 6.84. The Balaban J connectivity index is 1.50. The number of piperazine rings is 1. The third-order valence-electron chi connectivity index (χ3n) is 4.65. The molecule has 1 amide bonds. The fraction of sp³-hybridized carbons (Fsp3) is 0.389. The first-order valence-electron chi connectivity index (χ1n) is 8.30. The van der Waals surface area contributed by atoms with Crippen molar-refractivity contribution in [1.29, 1.82) is 0 Å². The predicted molar refractivity (Wildman–Crippen MR) is 101 cm³/mol. The predicted octanol–water partition coefficient (Wildman–Crippen LogP) is 3.51. The topological polar surface area (TPSA) is 26.8 Å². The molecule has 1 fully saturated rings. The minimum atomic E-state index is 0.196. The molecule has 24 heavy (non-hydrogen) atoms. The molecule has 1 saturated heterocycles. The average molecular weight is 360 g/mol. The van der Waals surface area contributed by atoms with Gasteiger partial charge in [0.2, 0.25) is 5.91 Å². The summed E-state index contributed by atoms with van der Waals surface area (Å²) in [6.07, 6.45) is 0.567. The van der Waals surface area contributed by atoms with Gasteiger partial charge in [-0.1, -0.05) is 23.9 Å². The summed E-state index contributed by atoms with van der Waals surface area (Å²) in [6, 6.07) is 10.3. The van der Waals surface area contributed by atoms with Crippen molar-refractivity contribution >= 4 is 40.4 Å². The lowest BCUT2D eigenvalue weighted by atomic mass is 10.2. The summed E-state index contributed by atoms with van der Waals surface area (Å²) in [7, 11) is 2.16. The minimum absolute atomic E-state index is 0.196. The number of nitrogens with zero attached hydrogens (tertiary/aromatic N) is 3. The number of hydrogen-bond acceptors (Lipinski definition) is 5. The van der Waals surface area contributed by atoms with E-state index in [-0.39, 0.29) is 5.91 Å². The first kappa shape index (κ1) is 16.1. The quantitative estimate of drug-likeness (QED) is 0.838. The van der Waals surface area contributed by atoms with Crippen LogP contribution in [0.2, 0.25) is 0 Å². The summed E-state index contributed by atoms with van der Waals surface area (Å²) >= 11 is 3.48. The van der Waals surface area contributed by atoms with E-state index in [0.29, 0.717) is 6.42 Å². The lowest BCUT2D eigenvalue weighted by molar-refractivity contribution is -0.118. The molecule has 1 aromatic heterocycles. The molecule has 2 aliphatic rings. The van der Waals surface area contributed by atoms with E-state index in [1.165, 1.54) is 9.10 Å². The van der Waals surface area contributed by atoms with Crippen molar-refractivity contribution in [1.82, 2.24) is 9.80 Å². The Labute approximate surface area is 151 Å². The van der Waals surface area contributed by atoms with Crippen molar-refractivity contribution in [2.45, 2.75) is 15.5 Å². The van der Waals surface area contributed by atoms with E-state index in [4.69, 9.17) is 0 Å². The maximum Gasteiger partial charge on any atom is 0.232 e. The SMILES string of the molecule is CN1CCN(CCC(=O)N2c3ccccc3Sc3sccc32)CC1. The fourth-order valence-corrected chi connectivity index (χ4v) is 5.30. The molecule has 0 radical (unpaired) electrons. The Hall–Kier alpha value is -1.34. The average Bonchev–Trinajstić information content (AvgIpc) is 3.06. The number of thiophene rings is 1. The Bertz CT molecular complexity index is 737. The molecule has 6 heteroatoms. The third kappa shape index (κ3) is 3.11. The van der Waals surface area contributed by atoms with Gasteiger partial charge in [0, 0.05) is 44.0 Å². The number of rotatable bonds is 3. The zero-order valence-electron chi connectivity index (χ0n) is 13.8. The summed E-state index contributed by atoms with van der Waals surface area (Å²) in [5.41, 5.74) is 2.07. The first-order valence-corrected chi connectivity index (χ1v) is 10.0. The zero-order valence-corrected chi connectivity index (χ0v) is 15.4. The van der Waals surface area contributed by atoms with E-state index in [2.05, 4.69) is 40.4 Å². The molecule has 2 aliphatic heterocycles. The molecule has 0 unspecified atom stereocenters. The van der Waals surface area contributed by atoms with Crippen LogP contribution in [0.1, 0.15) is 6.42 Å². The van der Waals surface area contributed by atoms with Crippen LogP contribution >= 0.6 is 23.1 Å². The van der Waals surface area contributed by atoms with Crippen molar-refractivity contribution in [3.63, 3.8) is 0 Å². The highest BCUT2D eigenvalue weighted by Crippen LogP contribution is 2.50. The van der Waals surface area contributed by atoms with Crippen LogP contribution in [0.3, 0.4) is 0 Å². The van der Waals surface area contributed by atoms with Gasteiger partial charge in [-0.05, 0) is 30.6 Å². The van der Waals surface area contributed by atoms with Crippen molar-refractivity contribution in [3.05, 3.63) is 35.7 Å². The number of likely N-dealkylation sites (N-methyl/N-ethyl adjacent to an activating group) is 1. The Morgan fingerprint density at radius 3 is 2.71 bits per heavy atom. The molecule has 0 atom stereocenters. The maximum absolute atomic E-state index is 13.0. The second kappa shape index (κ2) is 6.88. The fourth-order valence-electron chi connectivity index (χ4n) is 3.19. The van der Waals surface area contributed by atoms with Crippen LogP contribution in [0.4, 0.5) is 11.4 Å². The van der Waals surface area contributed by atoms with Crippen LogP contribution in [0, 0.1) is 0 Å². The smallest absolute Gasteiger partial charge is 0.232 e. The minimum Gasteiger partial charge on any atom is -0.304 e. The molecule has 126 valence electrons. The van der Waals surface area contributed by atoms with E-state index in [9.17, 15) is 4.79 Å². The van der Waals surface area contributed by atoms with E-state index >= 15 is 0 Å². The number of carbonyl (C=O) groups excluding carboxylic acids is 1. The van der Waals surface area contributed by atoms with Crippen molar-refractivity contribution < 1.29 is 4.79 Å². The lowest BCUT2D eigenvalue weighted by Gasteiger charge is -2.33. The molecule has 0 bridgehead atoms. The molecule has 0 saturated carbocycles. The Morgan fingerprint density at radius 1 is 1.08 bits per heavy atom. The second-order valence-corrected chi connectivity index (χ2v) is 8.51. The van der Waals surface area contributed by atoms with E-state index in [1.54, 1.807) is 23.1 Å². The van der Waals surface area contributed by atoms with Crippen LogP contribution < -0.4 is 4.90 Å². The van der Waals surface area contributed by atoms with Crippen molar-refractivity contribution in [3.8, 4) is 0 Å². The highest BCUT2D eigenvalue weighted by atomic mass is 32.2. The van der Waals surface area contributed by atoms with Gasteiger partial charge in [0.25, 0.3) is 0 Å². The van der Waals surface area contributed by atoms with Gasteiger partial charge in [-0.25, -0.2) is 0 Å². The van der Waals surface area contributed by atoms with Gasteiger partial charge in [-0.3, -0.25) is 9.69 Å². The summed E-state index contributed by atoms with van der Waals surface area (Å²) in [5.74, 6) is 0.196. The van der Waals surface area contributed by atoms with E-state index in [0.717, 1.165) is 44.1 Å². The van der Waals surface area contributed by atoms with Crippen LogP contribution in [0.15, 0.2) is 44.8 Å². The molecule has 4 rings (SSSR count). The Kier molecular flexibility index (Phi) is 4.63. The van der Waals surface area contributed by atoms with Gasteiger partial charge < -0.3 is 9.80 Å². The largest absolute Gasteiger partial charge is 0.304 e. The number of benzene rings is 1. The Morgan fingerprint density at radius 2 is 1.88 bits per heavy atom. The molecule has 3 heterocycles. The molecular formula is C18H21N3OS2. The lowest BCUT2D eigenvalue weighted by Crippen LogP contribution is -2.45. The van der Waals surface area contributed by atoms with Crippen LogP contribution in [0.5, 0.6) is 0 Å². The zero-order chi connectivity index (χ0) is 16.5. The summed E-state index contributed by atoms with van der Waals surface area (Å²) in [6.45, 7) is 5.13. The van der Waals surface area contributed by atoms with Crippen LogP contribution in [0.25, 0.3) is 0 Å². The second-order valence-electron chi connectivity index (χ2n) is 6.29. The van der Waals surface area contributed by atoms with Crippen molar-refractivity contribution in [2.75, 3.05) is 44.7 Å². The highest BCUT2D eigenvalue weighted by Gasteiger charge is 2.29. The standard InChI is InChI=1S/C18H21N3OS2/c1-19-9-11-20(12-10-19)8-6-17(22)21-14-4-2-3-5-16(14)24-18-15(21)7-13-23-18/h2-5,7,13H,6,8-12H2,1H3. The highest BCUT2D eigenvalue weighted by molar-refractivity contribution is 8.01. The number of fused-ring (bicyclic) bond motifs is 2. The number of anilines is 2. The number of para-hydroxylation sites is 1. The van der Waals surface area contributed by atoms with E-state index < -0.39 is 0 Å². The van der Waals surface area contributed by atoms with Crippen molar-refractivity contribution in [2.24, 2.45) is 0 Å². The summed E-state index contributed by atoms with van der Waals surface area (Å²) in [4.78, 5) is 20.8.